The second-order valence-electron chi connectivity index (χ2n) is 6.83. The molecule has 4 rings (SSSR count). The number of carbonyl (C=O) groups is 1. The fourth-order valence-corrected chi connectivity index (χ4v) is 3.81. The molecule has 136 valence electrons. The number of rotatable bonds is 4. The average Bonchev–Trinajstić information content (AvgIpc) is 3.17. The lowest BCUT2D eigenvalue weighted by Crippen LogP contribution is -2.35. The van der Waals surface area contributed by atoms with Crippen LogP contribution in [0.15, 0.2) is 48.5 Å². The number of halogens is 1. The van der Waals surface area contributed by atoms with E-state index < -0.39 is 18.2 Å². The van der Waals surface area contributed by atoms with Gasteiger partial charge >= 0.3 is 5.97 Å². The van der Waals surface area contributed by atoms with Gasteiger partial charge in [0.1, 0.15) is 12.1 Å². The van der Waals surface area contributed by atoms with Crippen LogP contribution in [-0.4, -0.2) is 41.0 Å². The van der Waals surface area contributed by atoms with Gasteiger partial charge < -0.3 is 9.84 Å². The van der Waals surface area contributed by atoms with Gasteiger partial charge in [-0.15, -0.1) is 0 Å². The molecule has 0 saturated carbocycles. The zero-order valence-corrected chi connectivity index (χ0v) is 15.1. The number of esters is 1. The third kappa shape index (κ3) is 3.23. The SMILES string of the molecule is C[C@H](O)[C@@H]1ON(Cc2cccc(-c3ccc(Cl)cc3)c2)[C@@H]2C(=O)OC[C@H]12. The van der Waals surface area contributed by atoms with Crippen LogP contribution in [0.5, 0.6) is 0 Å². The minimum Gasteiger partial charge on any atom is -0.464 e. The van der Waals surface area contributed by atoms with Crippen molar-refractivity contribution in [3.05, 3.63) is 59.1 Å². The van der Waals surface area contributed by atoms with E-state index in [0.717, 1.165) is 16.7 Å². The fourth-order valence-electron chi connectivity index (χ4n) is 3.69. The number of fused-ring (bicyclic) bond motifs is 1. The Morgan fingerprint density at radius 2 is 2.00 bits per heavy atom. The molecule has 2 aliphatic rings. The molecule has 2 saturated heterocycles. The first-order chi connectivity index (χ1) is 12.5. The van der Waals surface area contributed by atoms with E-state index in [0.29, 0.717) is 18.2 Å². The van der Waals surface area contributed by atoms with Crippen molar-refractivity contribution in [1.82, 2.24) is 5.06 Å². The lowest BCUT2D eigenvalue weighted by molar-refractivity contribution is -0.202. The molecule has 2 aromatic carbocycles. The molecule has 6 heteroatoms. The first kappa shape index (κ1) is 17.5. The second kappa shape index (κ2) is 7.00. The van der Waals surface area contributed by atoms with Gasteiger partial charge in [-0.3, -0.25) is 9.63 Å². The number of ether oxygens (including phenoxy) is 1. The van der Waals surface area contributed by atoms with Crippen LogP contribution in [-0.2, 0) is 20.9 Å². The number of aliphatic hydroxyl groups excluding tert-OH is 1. The highest BCUT2D eigenvalue weighted by Gasteiger charge is 2.54. The van der Waals surface area contributed by atoms with Crippen LogP contribution in [0, 0.1) is 5.92 Å². The highest BCUT2D eigenvalue weighted by atomic mass is 35.5. The summed E-state index contributed by atoms with van der Waals surface area (Å²) in [7, 11) is 0. The van der Waals surface area contributed by atoms with E-state index in [4.69, 9.17) is 21.2 Å². The number of hydrogen-bond acceptors (Lipinski definition) is 5. The molecule has 0 aliphatic carbocycles. The van der Waals surface area contributed by atoms with Gasteiger partial charge in [0.25, 0.3) is 0 Å². The summed E-state index contributed by atoms with van der Waals surface area (Å²) in [4.78, 5) is 18.0. The van der Waals surface area contributed by atoms with Crippen LogP contribution in [0.2, 0.25) is 5.02 Å². The Bertz CT molecular complexity index is 808. The number of hydrogen-bond donors (Lipinski definition) is 1. The van der Waals surface area contributed by atoms with Gasteiger partial charge in [0.05, 0.1) is 25.2 Å². The molecule has 2 aliphatic heterocycles. The van der Waals surface area contributed by atoms with Crippen molar-refractivity contribution in [2.45, 2.75) is 31.7 Å². The molecule has 1 N–H and O–H groups in total. The van der Waals surface area contributed by atoms with Gasteiger partial charge in [-0.25, -0.2) is 0 Å². The first-order valence-electron chi connectivity index (χ1n) is 8.66. The topological polar surface area (TPSA) is 59.0 Å². The van der Waals surface area contributed by atoms with E-state index in [9.17, 15) is 9.90 Å². The Hall–Kier alpha value is -1.92. The smallest absolute Gasteiger partial charge is 0.326 e. The Morgan fingerprint density at radius 1 is 1.23 bits per heavy atom. The summed E-state index contributed by atoms with van der Waals surface area (Å²) in [6.07, 6.45) is -1.09. The van der Waals surface area contributed by atoms with E-state index in [-0.39, 0.29) is 11.9 Å². The monoisotopic (exact) mass is 373 g/mol. The minimum absolute atomic E-state index is 0.137. The van der Waals surface area contributed by atoms with Gasteiger partial charge in [0.15, 0.2) is 0 Å². The number of benzene rings is 2. The Kier molecular flexibility index (Phi) is 4.71. The van der Waals surface area contributed by atoms with Crippen molar-refractivity contribution in [2.75, 3.05) is 6.61 Å². The zero-order valence-electron chi connectivity index (χ0n) is 14.3. The van der Waals surface area contributed by atoms with Crippen LogP contribution in [0.25, 0.3) is 11.1 Å². The van der Waals surface area contributed by atoms with E-state index in [1.54, 1.807) is 12.0 Å². The van der Waals surface area contributed by atoms with Gasteiger partial charge in [-0.05, 0) is 41.8 Å². The second-order valence-corrected chi connectivity index (χ2v) is 7.27. The van der Waals surface area contributed by atoms with Crippen molar-refractivity contribution in [3.8, 4) is 11.1 Å². The number of aliphatic hydroxyl groups is 1. The molecule has 2 heterocycles. The summed E-state index contributed by atoms with van der Waals surface area (Å²) in [6, 6.07) is 15.3. The van der Waals surface area contributed by atoms with E-state index >= 15 is 0 Å². The predicted octanol–water partition coefficient (Wildman–Crippen LogP) is 3.05. The summed E-state index contributed by atoms with van der Waals surface area (Å²) in [6.45, 7) is 2.41. The summed E-state index contributed by atoms with van der Waals surface area (Å²) < 4.78 is 5.19. The Morgan fingerprint density at radius 3 is 2.73 bits per heavy atom. The van der Waals surface area contributed by atoms with Crippen LogP contribution >= 0.6 is 11.6 Å². The van der Waals surface area contributed by atoms with Crippen molar-refractivity contribution in [3.63, 3.8) is 0 Å². The van der Waals surface area contributed by atoms with Crippen LogP contribution in [0.1, 0.15) is 12.5 Å². The minimum atomic E-state index is -0.664. The van der Waals surface area contributed by atoms with Crippen molar-refractivity contribution < 1.29 is 19.5 Å². The maximum absolute atomic E-state index is 12.1. The Labute approximate surface area is 157 Å². The normalized spacial score (nSPS) is 26.6. The van der Waals surface area contributed by atoms with Gasteiger partial charge in [-0.1, -0.05) is 41.9 Å². The van der Waals surface area contributed by atoms with Crippen LogP contribution < -0.4 is 0 Å². The average molecular weight is 374 g/mol. The van der Waals surface area contributed by atoms with Gasteiger partial charge in [0.2, 0.25) is 0 Å². The highest BCUT2D eigenvalue weighted by molar-refractivity contribution is 6.30. The van der Waals surface area contributed by atoms with Crippen LogP contribution in [0.4, 0.5) is 0 Å². The first-order valence-corrected chi connectivity index (χ1v) is 9.04. The number of hydroxylamine groups is 2. The van der Waals surface area contributed by atoms with Crippen molar-refractivity contribution in [2.24, 2.45) is 5.92 Å². The molecular weight excluding hydrogens is 354 g/mol. The zero-order chi connectivity index (χ0) is 18.3. The summed E-state index contributed by atoms with van der Waals surface area (Å²) in [5, 5.41) is 12.3. The highest BCUT2D eigenvalue weighted by Crippen LogP contribution is 2.36. The molecular formula is C20H20ClNO4. The fraction of sp³-hybridized carbons (Fsp3) is 0.350. The third-order valence-corrected chi connectivity index (χ3v) is 5.22. The van der Waals surface area contributed by atoms with E-state index in [1.807, 2.05) is 42.5 Å². The molecule has 0 aromatic heterocycles. The number of carbonyl (C=O) groups excluding carboxylic acids is 1. The molecule has 0 unspecified atom stereocenters. The predicted molar refractivity (Wildman–Crippen MR) is 97.2 cm³/mol. The summed E-state index contributed by atoms with van der Waals surface area (Å²) in [5.41, 5.74) is 3.15. The largest absolute Gasteiger partial charge is 0.464 e. The molecule has 2 fully saturated rings. The van der Waals surface area contributed by atoms with E-state index in [2.05, 4.69) is 6.07 Å². The van der Waals surface area contributed by atoms with Crippen molar-refractivity contribution in [1.29, 1.82) is 0 Å². The van der Waals surface area contributed by atoms with E-state index in [1.165, 1.54) is 0 Å². The van der Waals surface area contributed by atoms with Crippen LogP contribution in [0.3, 0.4) is 0 Å². The van der Waals surface area contributed by atoms with Crippen molar-refractivity contribution >= 4 is 17.6 Å². The molecule has 0 radical (unpaired) electrons. The maximum Gasteiger partial charge on any atom is 0.326 e. The quantitative estimate of drug-likeness (QED) is 0.835. The maximum atomic E-state index is 12.1. The molecule has 0 bridgehead atoms. The molecule has 5 nitrogen and oxygen atoms in total. The standard InChI is InChI=1S/C20H20ClNO4/c1-12(23)19-17-11-25-20(24)18(17)22(26-19)10-13-3-2-4-15(9-13)14-5-7-16(21)8-6-14/h2-9,12,17-19,23H,10-11H2,1H3/t12-,17-,18-,19-/m0/s1. The summed E-state index contributed by atoms with van der Waals surface area (Å²) in [5.74, 6) is -0.422. The lowest BCUT2D eigenvalue weighted by Gasteiger charge is -2.21. The third-order valence-electron chi connectivity index (χ3n) is 4.97. The molecule has 4 atom stereocenters. The number of nitrogens with zero attached hydrogens (tertiary/aromatic N) is 1. The molecule has 0 spiro atoms. The number of cyclic esters (lactones) is 1. The molecule has 26 heavy (non-hydrogen) atoms. The van der Waals surface area contributed by atoms with Gasteiger partial charge in [0, 0.05) is 5.02 Å². The molecule has 2 aromatic rings. The lowest BCUT2D eigenvalue weighted by atomic mass is 9.94. The Balaban J connectivity index is 1.56. The van der Waals surface area contributed by atoms with Gasteiger partial charge in [-0.2, -0.15) is 5.06 Å². The molecule has 0 amide bonds. The summed E-state index contributed by atoms with van der Waals surface area (Å²) >= 11 is 5.96.